The van der Waals surface area contributed by atoms with Gasteiger partial charge in [-0.15, -0.1) is 0 Å². The molecule has 2 unspecified atom stereocenters. The molecular weight excluding hydrogens is 178 g/mol. The molecule has 0 aromatic rings. The third kappa shape index (κ3) is 4.40. The van der Waals surface area contributed by atoms with E-state index in [9.17, 15) is 0 Å². The van der Waals surface area contributed by atoms with Gasteiger partial charge in [-0.2, -0.15) is 0 Å². The summed E-state index contributed by atoms with van der Waals surface area (Å²) in [5.41, 5.74) is 0. The summed E-state index contributed by atoms with van der Waals surface area (Å²) in [4.78, 5) is 0. The van der Waals surface area contributed by atoms with Crippen molar-refractivity contribution < 1.29 is 9.47 Å². The molecule has 3 heteroatoms. The van der Waals surface area contributed by atoms with Gasteiger partial charge in [-0.25, -0.2) is 0 Å². The Balaban J connectivity index is 4.23. The zero-order chi connectivity index (χ0) is 11.0. The highest BCUT2D eigenvalue weighted by Gasteiger charge is 2.25. The first-order valence-electron chi connectivity index (χ1n) is 5.50. The summed E-state index contributed by atoms with van der Waals surface area (Å²) in [7, 11) is 3.38. The molecule has 0 aromatic heterocycles. The van der Waals surface area contributed by atoms with E-state index in [2.05, 4.69) is 26.1 Å². The highest BCUT2D eigenvalue weighted by molar-refractivity contribution is 4.76. The average molecular weight is 203 g/mol. The molecule has 0 saturated heterocycles. The average Bonchev–Trinajstić information content (AvgIpc) is 2.18. The summed E-state index contributed by atoms with van der Waals surface area (Å²) < 4.78 is 10.6. The van der Waals surface area contributed by atoms with Crippen molar-refractivity contribution in [1.29, 1.82) is 0 Å². The van der Waals surface area contributed by atoms with Crippen LogP contribution in [0.3, 0.4) is 0 Å². The number of ether oxygens (including phenoxy) is 2. The topological polar surface area (TPSA) is 30.5 Å². The minimum Gasteiger partial charge on any atom is -0.354 e. The summed E-state index contributed by atoms with van der Waals surface area (Å²) in [5.74, 6) is 0.574. The van der Waals surface area contributed by atoms with E-state index in [1.165, 1.54) is 12.8 Å². The Morgan fingerprint density at radius 2 is 1.71 bits per heavy atom. The fraction of sp³-hybridized carbons (Fsp3) is 1.00. The lowest BCUT2D eigenvalue weighted by atomic mass is 9.96. The second kappa shape index (κ2) is 8.21. The maximum Gasteiger partial charge on any atom is 0.172 e. The third-order valence-corrected chi connectivity index (χ3v) is 2.55. The van der Waals surface area contributed by atoms with Gasteiger partial charge in [0, 0.05) is 14.2 Å². The van der Waals surface area contributed by atoms with Gasteiger partial charge < -0.3 is 14.8 Å². The normalized spacial score (nSPS) is 15.9. The first kappa shape index (κ1) is 13.9. The zero-order valence-corrected chi connectivity index (χ0v) is 10.2. The van der Waals surface area contributed by atoms with E-state index in [1.807, 2.05) is 0 Å². The van der Waals surface area contributed by atoms with E-state index in [4.69, 9.17) is 9.47 Å². The van der Waals surface area contributed by atoms with Crippen LogP contribution in [0.4, 0.5) is 0 Å². The number of likely N-dealkylation sites (N-methyl/N-ethyl adjacent to an activating group) is 1. The number of methoxy groups -OCH3 is 2. The molecule has 0 saturated carbocycles. The van der Waals surface area contributed by atoms with Crippen molar-refractivity contribution >= 4 is 0 Å². The van der Waals surface area contributed by atoms with E-state index >= 15 is 0 Å². The summed E-state index contributed by atoms with van der Waals surface area (Å²) in [6, 6.07) is 0.287. The fourth-order valence-electron chi connectivity index (χ4n) is 1.83. The number of rotatable bonds is 8. The van der Waals surface area contributed by atoms with Crippen LogP contribution >= 0.6 is 0 Å². The predicted molar refractivity (Wildman–Crippen MR) is 59.3 cm³/mol. The quantitative estimate of drug-likeness (QED) is 0.612. The van der Waals surface area contributed by atoms with E-state index in [0.717, 1.165) is 6.54 Å². The van der Waals surface area contributed by atoms with Crippen molar-refractivity contribution in [2.45, 2.75) is 45.9 Å². The number of hydrogen-bond donors (Lipinski definition) is 1. The Morgan fingerprint density at radius 1 is 1.14 bits per heavy atom. The van der Waals surface area contributed by atoms with Crippen molar-refractivity contribution in [3.8, 4) is 0 Å². The van der Waals surface area contributed by atoms with Gasteiger partial charge in [0.05, 0.1) is 6.04 Å². The van der Waals surface area contributed by atoms with Gasteiger partial charge in [-0.1, -0.05) is 27.2 Å². The third-order valence-electron chi connectivity index (χ3n) is 2.55. The van der Waals surface area contributed by atoms with Crippen LogP contribution in [0.15, 0.2) is 0 Å². The summed E-state index contributed by atoms with van der Waals surface area (Å²) in [6.45, 7) is 7.49. The lowest BCUT2D eigenvalue weighted by molar-refractivity contribution is -0.132. The molecule has 0 aliphatic rings. The Bertz CT molecular complexity index is 126. The molecule has 0 amide bonds. The van der Waals surface area contributed by atoms with Crippen LogP contribution in [0.25, 0.3) is 0 Å². The van der Waals surface area contributed by atoms with E-state index in [-0.39, 0.29) is 12.3 Å². The minimum absolute atomic E-state index is 0.142. The summed E-state index contributed by atoms with van der Waals surface area (Å²) >= 11 is 0. The van der Waals surface area contributed by atoms with Gasteiger partial charge >= 0.3 is 0 Å². The Morgan fingerprint density at radius 3 is 2.07 bits per heavy atom. The fourth-order valence-corrected chi connectivity index (χ4v) is 1.83. The van der Waals surface area contributed by atoms with Crippen molar-refractivity contribution in [1.82, 2.24) is 5.32 Å². The van der Waals surface area contributed by atoms with Gasteiger partial charge in [0.2, 0.25) is 0 Å². The standard InChI is InChI=1S/C11H25NO2/c1-6-8-9(3)10(12-7-2)11(13-4)14-5/h9-12H,6-8H2,1-5H3. The summed E-state index contributed by atoms with van der Waals surface area (Å²) in [5, 5.41) is 3.42. The molecule has 0 heterocycles. The molecule has 86 valence electrons. The van der Waals surface area contributed by atoms with Crippen molar-refractivity contribution in [3.05, 3.63) is 0 Å². The van der Waals surface area contributed by atoms with Gasteiger partial charge in [0.25, 0.3) is 0 Å². The Labute approximate surface area is 88.2 Å². The maximum absolute atomic E-state index is 5.30. The van der Waals surface area contributed by atoms with Crippen LogP contribution in [0.5, 0.6) is 0 Å². The molecule has 0 radical (unpaired) electrons. The molecular formula is C11H25NO2. The molecule has 0 fully saturated rings. The SMILES string of the molecule is CCCC(C)C(NCC)C(OC)OC. The highest BCUT2D eigenvalue weighted by Crippen LogP contribution is 2.15. The number of nitrogens with one attached hydrogen (secondary N) is 1. The zero-order valence-electron chi connectivity index (χ0n) is 10.2. The molecule has 0 bridgehead atoms. The molecule has 0 aliphatic carbocycles. The lowest BCUT2D eigenvalue weighted by Gasteiger charge is -2.30. The molecule has 14 heavy (non-hydrogen) atoms. The molecule has 0 spiro atoms. The van der Waals surface area contributed by atoms with E-state index in [1.54, 1.807) is 14.2 Å². The second-order valence-electron chi connectivity index (χ2n) is 3.69. The molecule has 1 N–H and O–H groups in total. The lowest BCUT2D eigenvalue weighted by Crippen LogP contribution is -2.46. The van der Waals surface area contributed by atoms with Gasteiger partial charge in [0.1, 0.15) is 0 Å². The Kier molecular flexibility index (Phi) is 8.14. The highest BCUT2D eigenvalue weighted by atomic mass is 16.7. The molecule has 0 aromatic carbocycles. The van der Waals surface area contributed by atoms with Gasteiger partial charge in [-0.3, -0.25) is 0 Å². The molecule has 0 rings (SSSR count). The second-order valence-corrected chi connectivity index (χ2v) is 3.69. The van der Waals surface area contributed by atoms with Crippen molar-refractivity contribution in [2.24, 2.45) is 5.92 Å². The Hall–Kier alpha value is -0.120. The smallest absolute Gasteiger partial charge is 0.172 e. The van der Waals surface area contributed by atoms with Crippen LogP contribution < -0.4 is 5.32 Å². The van der Waals surface area contributed by atoms with Crippen molar-refractivity contribution in [3.63, 3.8) is 0 Å². The molecule has 0 aliphatic heterocycles. The molecule has 2 atom stereocenters. The summed E-state index contributed by atoms with van der Waals surface area (Å²) in [6.07, 6.45) is 2.25. The van der Waals surface area contributed by atoms with Gasteiger partial charge in [-0.05, 0) is 18.9 Å². The number of hydrogen-bond acceptors (Lipinski definition) is 3. The van der Waals surface area contributed by atoms with Crippen LogP contribution in [0, 0.1) is 5.92 Å². The monoisotopic (exact) mass is 203 g/mol. The van der Waals surface area contributed by atoms with Crippen LogP contribution in [0.2, 0.25) is 0 Å². The van der Waals surface area contributed by atoms with E-state index < -0.39 is 0 Å². The van der Waals surface area contributed by atoms with E-state index in [0.29, 0.717) is 5.92 Å². The predicted octanol–water partition coefficient (Wildman–Crippen LogP) is 2.02. The minimum atomic E-state index is -0.142. The van der Waals surface area contributed by atoms with Crippen LogP contribution in [-0.4, -0.2) is 33.1 Å². The largest absolute Gasteiger partial charge is 0.354 e. The first-order chi connectivity index (χ1) is 6.71. The van der Waals surface area contributed by atoms with Crippen LogP contribution in [-0.2, 0) is 9.47 Å². The van der Waals surface area contributed by atoms with Gasteiger partial charge in [0.15, 0.2) is 6.29 Å². The maximum atomic E-state index is 5.30. The first-order valence-corrected chi connectivity index (χ1v) is 5.50. The molecule has 3 nitrogen and oxygen atoms in total. The van der Waals surface area contributed by atoms with Crippen LogP contribution in [0.1, 0.15) is 33.6 Å². The van der Waals surface area contributed by atoms with Crippen molar-refractivity contribution in [2.75, 3.05) is 20.8 Å².